The lowest BCUT2D eigenvalue weighted by Crippen LogP contribution is -2.53. The van der Waals surface area contributed by atoms with Gasteiger partial charge in [-0.2, -0.15) is 18.2 Å². The van der Waals surface area contributed by atoms with Gasteiger partial charge in [0.05, 0.1) is 31.9 Å². The van der Waals surface area contributed by atoms with Crippen LogP contribution in [-0.4, -0.2) is 71.1 Å². The predicted octanol–water partition coefficient (Wildman–Crippen LogP) is 3.46. The normalized spacial score (nSPS) is 20.7. The molecule has 43 heavy (non-hydrogen) atoms. The summed E-state index contributed by atoms with van der Waals surface area (Å²) in [7, 11) is -1.98. The minimum atomic E-state index is -5.18. The van der Waals surface area contributed by atoms with Crippen LogP contribution in [0.15, 0.2) is 47.4 Å². The fourth-order valence-corrected chi connectivity index (χ4v) is 5.28. The van der Waals surface area contributed by atoms with Gasteiger partial charge >= 0.3 is 25.4 Å². The van der Waals surface area contributed by atoms with E-state index in [1.54, 1.807) is 37.3 Å². The number of ether oxygens (including phenoxy) is 2. The van der Waals surface area contributed by atoms with Gasteiger partial charge in [0.15, 0.2) is 5.79 Å². The van der Waals surface area contributed by atoms with Crippen LogP contribution in [-0.2, 0) is 38.9 Å². The second kappa shape index (κ2) is 14.8. The Bertz CT molecular complexity index is 1350. The van der Waals surface area contributed by atoms with Crippen molar-refractivity contribution < 1.29 is 50.4 Å². The molecular formula is C25H33F3N4O9P2. The van der Waals surface area contributed by atoms with Crippen molar-refractivity contribution in [2.75, 3.05) is 24.9 Å². The highest BCUT2D eigenvalue weighted by atomic mass is 31.2. The number of anilines is 1. The summed E-state index contributed by atoms with van der Waals surface area (Å²) in [5.41, 5.74) is -0.303. The summed E-state index contributed by atoms with van der Waals surface area (Å²) in [5, 5.41) is 4.35. The maximum Gasteiger partial charge on any atom is 0.471 e. The molecule has 2 heterocycles. The molecule has 18 heteroatoms. The molecule has 1 aromatic heterocycles. The largest absolute Gasteiger partial charge is 0.471 e. The predicted molar refractivity (Wildman–Crippen MR) is 150 cm³/mol. The van der Waals surface area contributed by atoms with Crippen LogP contribution < -0.4 is 16.3 Å². The van der Waals surface area contributed by atoms with E-state index in [-0.39, 0.29) is 25.4 Å². The lowest BCUT2D eigenvalue weighted by atomic mass is 10.1. The van der Waals surface area contributed by atoms with E-state index in [1.165, 1.54) is 30.7 Å². The zero-order valence-electron chi connectivity index (χ0n) is 23.5. The SMILES string of the molecule is CCC(OC(C)(C)OP)C(COP1(=O)COC(Cn2ccc(NC(=O)c3ccccc3)nc2=O)CO1)NC(=O)C(F)(F)F. The van der Waals surface area contributed by atoms with E-state index >= 15 is 0 Å². The molecule has 0 aliphatic carbocycles. The summed E-state index contributed by atoms with van der Waals surface area (Å²) in [6.45, 7) is 3.67. The lowest BCUT2D eigenvalue weighted by molar-refractivity contribution is -0.196. The molecule has 238 valence electrons. The van der Waals surface area contributed by atoms with Gasteiger partial charge in [-0.3, -0.25) is 18.7 Å². The average molecular weight is 653 g/mol. The van der Waals surface area contributed by atoms with Gasteiger partial charge in [0, 0.05) is 21.2 Å². The highest BCUT2D eigenvalue weighted by Gasteiger charge is 2.43. The minimum absolute atomic E-state index is 0.0428. The summed E-state index contributed by atoms with van der Waals surface area (Å²) in [6, 6.07) is 8.40. The number of aromatic nitrogens is 2. The van der Waals surface area contributed by atoms with E-state index in [4.69, 9.17) is 23.0 Å². The van der Waals surface area contributed by atoms with Crippen LogP contribution in [0.1, 0.15) is 37.6 Å². The van der Waals surface area contributed by atoms with Gasteiger partial charge in [0.2, 0.25) is 0 Å². The first kappa shape index (κ1) is 34.8. The van der Waals surface area contributed by atoms with Crippen LogP contribution in [0.2, 0.25) is 0 Å². The summed E-state index contributed by atoms with van der Waals surface area (Å²) < 4.78 is 80.4. The van der Waals surface area contributed by atoms with Crippen molar-refractivity contribution in [1.82, 2.24) is 14.9 Å². The molecule has 0 bridgehead atoms. The van der Waals surface area contributed by atoms with E-state index in [2.05, 4.69) is 10.3 Å². The second-order valence-corrected chi connectivity index (χ2v) is 12.1. The van der Waals surface area contributed by atoms with Crippen LogP contribution in [0.3, 0.4) is 0 Å². The standard InChI is InChI=1S/C25H33F3N4O9P2/c1-4-19(40-24(2,3)41-42)18(29-22(34)25(26,27)28)14-39-43(36)15-37-17(13-38-43)12-32-11-10-20(31-23(32)35)30-21(33)16-8-6-5-7-9-16/h5-11,17-19H,4,12-15,42H2,1-3H3,(H,29,34)(H,30,31,33,35). The Morgan fingerprint density at radius 2 is 1.93 bits per heavy atom. The Morgan fingerprint density at radius 1 is 1.23 bits per heavy atom. The number of rotatable bonds is 13. The molecule has 2 N–H and O–H groups in total. The van der Waals surface area contributed by atoms with E-state index in [1.807, 2.05) is 14.8 Å². The third kappa shape index (κ3) is 10.5. The van der Waals surface area contributed by atoms with Crippen LogP contribution in [0.5, 0.6) is 0 Å². The summed E-state index contributed by atoms with van der Waals surface area (Å²) in [5.74, 6) is -3.87. The molecule has 2 amide bonds. The number of nitrogens with zero attached hydrogens (tertiary/aromatic N) is 2. The molecule has 13 nitrogen and oxygen atoms in total. The van der Waals surface area contributed by atoms with Crippen molar-refractivity contribution in [3.63, 3.8) is 0 Å². The van der Waals surface area contributed by atoms with Crippen LogP contribution in [0.4, 0.5) is 19.0 Å². The first-order chi connectivity index (χ1) is 20.1. The Labute approximate surface area is 247 Å². The Kier molecular flexibility index (Phi) is 12.0. The topological polar surface area (TPSA) is 156 Å². The fraction of sp³-hybridized carbons (Fsp3) is 0.520. The number of hydrogen-bond donors (Lipinski definition) is 2. The van der Waals surface area contributed by atoms with Gasteiger partial charge < -0.3 is 33.7 Å². The highest BCUT2D eigenvalue weighted by molar-refractivity contribution is 7.53. The molecule has 0 saturated carbocycles. The second-order valence-electron chi connectivity index (χ2n) is 9.85. The maximum atomic E-state index is 13.1. The van der Waals surface area contributed by atoms with Gasteiger partial charge in [0.1, 0.15) is 18.3 Å². The fourth-order valence-electron chi connectivity index (χ4n) is 3.82. The number of amides is 2. The van der Waals surface area contributed by atoms with Gasteiger partial charge in [-0.1, -0.05) is 25.1 Å². The third-order valence-electron chi connectivity index (χ3n) is 6.07. The molecule has 0 spiro atoms. The van der Waals surface area contributed by atoms with Crippen LogP contribution in [0, 0.1) is 0 Å². The molecule has 1 fully saturated rings. The van der Waals surface area contributed by atoms with Gasteiger partial charge in [0.25, 0.3) is 5.91 Å². The van der Waals surface area contributed by atoms with E-state index < -0.39 is 68.3 Å². The van der Waals surface area contributed by atoms with E-state index in [0.717, 1.165) is 0 Å². The van der Waals surface area contributed by atoms with E-state index in [9.17, 15) is 32.1 Å². The van der Waals surface area contributed by atoms with E-state index in [0.29, 0.717) is 5.56 Å². The zero-order chi connectivity index (χ0) is 31.8. The van der Waals surface area contributed by atoms with Crippen molar-refractivity contribution in [2.45, 2.75) is 63.9 Å². The summed E-state index contributed by atoms with van der Waals surface area (Å²) in [6.07, 6.45) is -5.98. The van der Waals surface area contributed by atoms with Crippen molar-refractivity contribution in [2.24, 2.45) is 0 Å². The molecule has 5 atom stereocenters. The first-order valence-corrected chi connectivity index (χ1v) is 15.2. The average Bonchev–Trinajstić information content (AvgIpc) is 2.96. The molecule has 2 aromatic rings. The monoisotopic (exact) mass is 652 g/mol. The molecular weight excluding hydrogens is 619 g/mol. The smallest absolute Gasteiger partial charge is 0.361 e. The van der Waals surface area contributed by atoms with Gasteiger partial charge in [-0.25, -0.2) is 4.79 Å². The van der Waals surface area contributed by atoms with Crippen molar-refractivity contribution in [3.8, 4) is 0 Å². The highest BCUT2D eigenvalue weighted by Crippen LogP contribution is 2.51. The minimum Gasteiger partial charge on any atom is -0.361 e. The lowest BCUT2D eigenvalue weighted by Gasteiger charge is -2.35. The van der Waals surface area contributed by atoms with Gasteiger partial charge in [-0.15, -0.1) is 0 Å². The van der Waals surface area contributed by atoms with Crippen LogP contribution in [0.25, 0.3) is 0 Å². The van der Waals surface area contributed by atoms with Crippen molar-refractivity contribution >= 4 is 34.7 Å². The van der Waals surface area contributed by atoms with Crippen molar-refractivity contribution in [1.29, 1.82) is 0 Å². The Balaban J connectivity index is 1.58. The zero-order valence-corrected chi connectivity index (χ0v) is 25.6. The Hall–Kier alpha value is -2.71. The number of halogens is 3. The maximum absolute atomic E-state index is 13.1. The Morgan fingerprint density at radius 3 is 2.49 bits per heavy atom. The first-order valence-electron chi connectivity index (χ1n) is 13.0. The number of benzene rings is 1. The molecule has 0 radical (unpaired) electrons. The summed E-state index contributed by atoms with van der Waals surface area (Å²) >= 11 is 0. The molecule has 1 saturated heterocycles. The van der Waals surface area contributed by atoms with Crippen LogP contribution >= 0.6 is 17.1 Å². The quantitative estimate of drug-likeness (QED) is 0.243. The number of nitrogens with one attached hydrogen (secondary N) is 2. The molecule has 3 rings (SSSR count). The number of alkyl halides is 3. The van der Waals surface area contributed by atoms with Gasteiger partial charge in [-0.05, 0) is 38.5 Å². The molecule has 5 unspecified atom stereocenters. The molecule has 1 aromatic carbocycles. The number of carbonyl (C=O) groups is 2. The van der Waals surface area contributed by atoms with Crippen molar-refractivity contribution in [3.05, 3.63) is 58.6 Å². The molecule has 1 aliphatic heterocycles. The number of hydrogen-bond acceptors (Lipinski definition) is 10. The third-order valence-corrected chi connectivity index (χ3v) is 8.19. The summed E-state index contributed by atoms with van der Waals surface area (Å²) in [4.78, 5) is 40.3. The molecule has 1 aliphatic rings. The number of carbonyl (C=O) groups excluding carboxylic acids is 2.